The van der Waals surface area contributed by atoms with Gasteiger partial charge < -0.3 is 10.6 Å². The molecule has 1 aromatic heterocycles. The molecule has 0 spiro atoms. The molecule has 1 saturated carbocycles. The standard InChI is InChI=1S/C21H24N6/c1-14-10-18(21(14,2)3)26-19-17(12-23)13-25-20(27-19)24-9-8-15-4-6-16(11-22)7-5-15/h4-7,13-14,18H,8-10H2,1-3H3,(H2,24,25,26,27)/t14-,18+/m0/s1. The lowest BCUT2D eigenvalue weighted by molar-refractivity contribution is 0.0654. The third kappa shape index (κ3) is 4.01. The normalized spacial score (nSPS) is 20.0. The van der Waals surface area contributed by atoms with E-state index in [4.69, 9.17) is 5.26 Å². The van der Waals surface area contributed by atoms with Gasteiger partial charge in [0.25, 0.3) is 0 Å². The highest BCUT2D eigenvalue weighted by molar-refractivity contribution is 5.54. The predicted octanol–water partition coefficient (Wildman–Crippen LogP) is 3.72. The van der Waals surface area contributed by atoms with Gasteiger partial charge in [-0.05, 0) is 41.9 Å². The minimum absolute atomic E-state index is 0.181. The first kappa shape index (κ1) is 18.7. The monoisotopic (exact) mass is 360 g/mol. The van der Waals surface area contributed by atoms with E-state index in [1.807, 2.05) is 24.3 Å². The Balaban J connectivity index is 1.62. The summed E-state index contributed by atoms with van der Waals surface area (Å²) in [4.78, 5) is 8.76. The Morgan fingerprint density at radius 3 is 2.52 bits per heavy atom. The van der Waals surface area contributed by atoms with E-state index in [9.17, 15) is 5.26 Å². The van der Waals surface area contributed by atoms with Crippen molar-refractivity contribution in [3.8, 4) is 12.1 Å². The molecule has 1 aliphatic carbocycles. The zero-order valence-corrected chi connectivity index (χ0v) is 16.0. The van der Waals surface area contributed by atoms with E-state index in [0.29, 0.717) is 41.4 Å². The van der Waals surface area contributed by atoms with Crippen LogP contribution in [-0.4, -0.2) is 22.6 Å². The van der Waals surface area contributed by atoms with Crippen LogP contribution in [-0.2, 0) is 6.42 Å². The Labute approximate surface area is 160 Å². The quantitative estimate of drug-likeness (QED) is 0.815. The van der Waals surface area contributed by atoms with E-state index in [-0.39, 0.29) is 5.41 Å². The van der Waals surface area contributed by atoms with Gasteiger partial charge in [0.15, 0.2) is 0 Å². The Kier molecular flexibility index (Phi) is 5.28. The van der Waals surface area contributed by atoms with Crippen molar-refractivity contribution in [2.24, 2.45) is 11.3 Å². The Morgan fingerprint density at radius 2 is 1.93 bits per heavy atom. The molecule has 2 atom stereocenters. The maximum Gasteiger partial charge on any atom is 0.224 e. The largest absolute Gasteiger partial charge is 0.366 e. The smallest absolute Gasteiger partial charge is 0.224 e. The maximum absolute atomic E-state index is 9.35. The molecule has 0 aliphatic heterocycles. The number of hydrogen-bond donors (Lipinski definition) is 2. The van der Waals surface area contributed by atoms with E-state index < -0.39 is 0 Å². The number of nitrogens with zero attached hydrogens (tertiary/aromatic N) is 4. The average Bonchev–Trinajstić information content (AvgIpc) is 2.68. The Bertz CT molecular complexity index is 888. The lowest BCUT2D eigenvalue weighted by Gasteiger charge is -2.51. The number of rotatable bonds is 6. The van der Waals surface area contributed by atoms with Gasteiger partial charge in [-0.15, -0.1) is 0 Å². The summed E-state index contributed by atoms with van der Waals surface area (Å²) in [5, 5.41) is 24.8. The molecule has 1 aliphatic rings. The second-order valence-electron chi connectivity index (χ2n) is 7.71. The van der Waals surface area contributed by atoms with Gasteiger partial charge in [-0.25, -0.2) is 4.98 Å². The molecule has 6 heteroatoms. The topological polar surface area (TPSA) is 97.4 Å². The first-order valence-corrected chi connectivity index (χ1v) is 9.20. The molecule has 1 heterocycles. The number of anilines is 2. The van der Waals surface area contributed by atoms with Gasteiger partial charge in [0.05, 0.1) is 17.8 Å². The molecule has 138 valence electrons. The molecule has 27 heavy (non-hydrogen) atoms. The van der Waals surface area contributed by atoms with Crippen LogP contribution in [0.5, 0.6) is 0 Å². The number of aromatic nitrogens is 2. The fraction of sp³-hybridized carbons (Fsp3) is 0.429. The van der Waals surface area contributed by atoms with Crippen LogP contribution in [0.4, 0.5) is 11.8 Å². The second kappa shape index (κ2) is 7.63. The fourth-order valence-corrected chi connectivity index (χ4v) is 3.28. The van der Waals surface area contributed by atoms with Gasteiger partial charge in [0, 0.05) is 12.6 Å². The van der Waals surface area contributed by atoms with Gasteiger partial charge >= 0.3 is 0 Å². The van der Waals surface area contributed by atoms with Gasteiger partial charge in [0.2, 0.25) is 5.95 Å². The first-order chi connectivity index (χ1) is 12.9. The highest BCUT2D eigenvalue weighted by Gasteiger charge is 2.45. The molecule has 6 nitrogen and oxygen atoms in total. The van der Waals surface area contributed by atoms with Crippen molar-refractivity contribution in [2.45, 2.75) is 39.7 Å². The van der Waals surface area contributed by atoms with Gasteiger partial charge in [0.1, 0.15) is 17.5 Å². The minimum Gasteiger partial charge on any atom is -0.366 e. The molecule has 0 radical (unpaired) electrons. The molecule has 0 unspecified atom stereocenters. The van der Waals surface area contributed by atoms with Crippen molar-refractivity contribution < 1.29 is 0 Å². The van der Waals surface area contributed by atoms with Gasteiger partial charge in [-0.1, -0.05) is 32.9 Å². The summed E-state index contributed by atoms with van der Waals surface area (Å²) in [7, 11) is 0. The van der Waals surface area contributed by atoms with Crippen LogP contribution < -0.4 is 10.6 Å². The molecule has 2 aromatic rings. The molecule has 3 rings (SSSR count). The van der Waals surface area contributed by atoms with Crippen molar-refractivity contribution >= 4 is 11.8 Å². The predicted molar refractivity (Wildman–Crippen MR) is 105 cm³/mol. The average molecular weight is 360 g/mol. The Hall–Kier alpha value is -3.12. The van der Waals surface area contributed by atoms with Crippen LogP contribution >= 0.6 is 0 Å². The van der Waals surface area contributed by atoms with Crippen LogP contribution in [0.2, 0.25) is 0 Å². The summed E-state index contributed by atoms with van der Waals surface area (Å²) >= 11 is 0. The maximum atomic E-state index is 9.35. The van der Waals surface area contributed by atoms with Crippen LogP contribution in [0.15, 0.2) is 30.5 Å². The summed E-state index contributed by atoms with van der Waals surface area (Å²) in [6.45, 7) is 7.40. The molecule has 1 aromatic carbocycles. The number of hydrogen-bond acceptors (Lipinski definition) is 6. The number of nitrogens with one attached hydrogen (secondary N) is 2. The summed E-state index contributed by atoms with van der Waals surface area (Å²) in [5.74, 6) is 1.75. The molecule has 2 N–H and O–H groups in total. The van der Waals surface area contributed by atoms with Gasteiger partial charge in [-0.3, -0.25) is 0 Å². The fourth-order valence-electron chi connectivity index (χ4n) is 3.28. The SMILES string of the molecule is C[C@H]1C[C@@H](Nc2nc(NCCc3ccc(C#N)cc3)ncc2C#N)C1(C)C. The summed E-state index contributed by atoms with van der Waals surface area (Å²) in [5.41, 5.74) is 2.44. The zero-order valence-electron chi connectivity index (χ0n) is 16.0. The van der Waals surface area contributed by atoms with Crippen LogP contribution in [0.1, 0.15) is 43.9 Å². The number of nitriles is 2. The van der Waals surface area contributed by atoms with Crippen LogP contribution in [0.3, 0.4) is 0 Å². The van der Waals surface area contributed by atoms with Crippen molar-refractivity contribution in [3.63, 3.8) is 0 Å². The molecular formula is C21H24N6. The van der Waals surface area contributed by atoms with Crippen molar-refractivity contribution in [1.82, 2.24) is 9.97 Å². The van der Waals surface area contributed by atoms with E-state index in [2.05, 4.69) is 53.5 Å². The highest BCUT2D eigenvalue weighted by atomic mass is 15.2. The molecular weight excluding hydrogens is 336 g/mol. The summed E-state index contributed by atoms with van der Waals surface area (Å²) < 4.78 is 0. The highest BCUT2D eigenvalue weighted by Crippen LogP contribution is 2.47. The third-order valence-electron chi connectivity index (χ3n) is 5.76. The van der Waals surface area contributed by atoms with Crippen LogP contribution in [0.25, 0.3) is 0 Å². The van der Waals surface area contributed by atoms with Gasteiger partial charge in [-0.2, -0.15) is 15.5 Å². The van der Waals surface area contributed by atoms with Crippen LogP contribution in [0, 0.1) is 34.0 Å². The lowest BCUT2D eigenvalue weighted by Crippen LogP contribution is -2.52. The van der Waals surface area contributed by atoms with Crippen molar-refractivity contribution in [1.29, 1.82) is 10.5 Å². The zero-order chi connectivity index (χ0) is 19.4. The number of benzene rings is 1. The van der Waals surface area contributed by atoms with E-state index >= 15 is 0 Å². The van der Waals surface area contributed by atoms with Crippen molar-refractivity contribution in [3.05, 3.63) is 47.2 Å². The minimum atomic E-state index is 0.181. The Morgan fingerprint density at radius 1 is 1.19 bits per heavy atom. The van der Waals surface area contributed by atoms with E-state index in [1.165, 1.54) is 0 Å². The van der Waals surface area contributed by atoms with Crippen molar-refractivity contribution in [2.75, 3.05) is 17.2 Å². The first-order valence-electron chi connectivity index (χ1n) is 9.20. The molecule has 0 bridgehead atoms. The summed E-state index contributed by atoms with van der Waals surface area (Å²) in [6.07, 6.45) is 3.43. The lowest BCUT2D eigenvalue weighted by atomic mass is 9.59. The summed E-state index contributed by atoms with van der Waals surface area (Å²) in [6, 6.07) is 12.1. The molecule has 0 amide bonds. The molecule has 0 saturated heterocycles. The molecule has 1 fully saturated rings. The van der Waals surface area contributed by atoms with E-state index in [0.717, 1.165) is 18.4 Å². The van der Waals surface area contributed by atoms with E-state index in [1.54, 1.807) is 6.20 Å². The second-order valence-corrected chi connectivity index (χ2v) is 7.71. The third-order valence-corrected chi connectivity index (χ3v) is 5.76.